The summed E-state index contributed by atoms with van der Waals surface area (Å²) in [4.78, 5) is 26.2. The van der Waals surface area contributed by atoms with Gasteiger partial charge in [-0.3, -0.25) is 4.79 Å². The molecule has 8 nitrogen and oxygen atoms in total. The second-order valence-corrected chi connectivity index (χ2v) is 8.54. The molecule has 9 heteroatoms. The van der Waals surface area contributed by atoms with Crippen molar-refractivity contribution in [1.82, 2.24) is 5.32 Å². The molecule has 28 heavy (non-hydrogen) atoms. The van der Waals surface area contributed by atoms with Gasteiger partial charge in [0.1, 0.15) is 10.7 Å². The molecule has 0 aromatic heterocycles. The average Bonchev–Trinajstić information content (AvgIpc) is 2.90. The van der Waals surface area contributed by atoms with Gasteiger partial charge in [-0.1, -0.05) is 13.3 Å². The van der Waals surface area contributed by atoms with Crippen LogP contribution in [0.4, 0.5) is 5.69 Å². The number of fused-ring (bicyclic) bond motifs is 3. The third-order valence-electron chi connectivity index (χ3n) is 4.79. The lowest BCUT2D eigenvalue weighted by atomic mass is 10.1. The molecule has 1 aromatic carbocycles. The molecule has 1 N–H and O–H groups in total. The van der Waals surface area contributed by atoms with Gasteiger partial charge in [-0.25, -0.2) is 4.79 Å². The zero-order valence-electron chi connectivity index (χ0n) is 16.1. The molecule has 3 rings (SSSR count). The predicted molar refractivity (Wildman–Crippen MR) is 105 cm³/mol. The summed E-state index contributed by atoms with van der Waals surface area (Å²) in [5.41, 5.74) is 0.614. The van der Waals surface area contributed by atoms with Crippen molar-refractivity contribution in [3.8, 4) is 0 Å². The van der Waals surface area contributed by atoms with Gasteiger partial charge in [0.05, 0.1) is 11.3 Å². The van der Waals surface area contributed by atoms with Gasteiger partial charge in [0.2, 0.25) is 0 Å². The van der Waals surface area contributed by atoms with Gasteiger partial charge in [-0.15, -0.1) is 4.40 Å². The highest BCUT2D eigenvalue weighted by Crippen LogP contribution is 2.35. The van der Waals surface area contributed by atoms with Crippen LogP contribution < -0.4 is 10.2 Å². The SMILES string of the molecule is CCCNC(=O)[C@H](C)OC(=O)c1ccc2c(c1)S(=O)(=O)N=C1CCCCCN12. The largest absolute Gasteiger partial charge is 0.449 e. The fourth-order valence-corrected chi connectivity index (χ4v) is 4.56. The van der Waals surface area contributed by atoms with Crippen LogP contribution in [0.25, 0.3) is 0 Å². The van der Waals surface area contributed by atoms with E-state index in [1.807, 2.05) is 11.8 Å². The summed E-state index contributed by atoms with van der Waals surface area (Å²) in [5.74, 6) is -0.580. The molecule has 1 atom stereocenters. The summed E-state index contributed by atoms with van der Waals surface area (Å²) in [5, 5.41) is 2.65. The number of nitrogens with one attached hydrogen (secondary N) is 1. The van der Waals surface area contributed by atoms with Crippen LogP contribution in [0.2, 0.25) is 0 Å². The summed E-state index contributed by atoms with van der Waals surface area (Å²) < 4.78 is 34.4. The number of benzene rings is 1. The van der Waals surface area contributed by atoms with Gasteiger partial charge >= 0.3 is 5.97 Å². The van der Waals surface area contributed by atoms with Crippen molar-refractivity contribution in [2.24, 2.45) is 4.40 Å². The fraction of sp³-hybridized carbons (Fsp3) is 0.526. The summed E-state index contributed by atoms with van der Waals surface area (Å²) in [6.07, 6.45) is 3.30. The van der Waals surface area contributed by atoms with Gasteiger partial charge < -0.3 is 15.0 Å². The molecule has 0 unspecified atom stereocenters. The Morgan fingerprint density at radius 2 is 2.07 bits per heavy atom. The summed E-state index contributed by atoms with van der Waals surface area (Å²) >= 11 is 0. The number of rotatable bonds is 5. The number of esters is 1. The Bertz CT molecular complexity index is 910. The molecular weight excluding hydrogens is 382 g/mol. The van der Waals surface area contributed by atoms with Gasteiger partial charge in [0.15, 0.2) is 6.10 Å². The first-order chi connectivity index (χ1) is 13.3. The van der Waals surface area contributed by atoms with Crippen molar-refractivity contribution in [3.63, 3.8) is 0 Å². The first-order valence-corrected chi connectivity index (χ1v) is 11.0. The number of hydrogen-bond donors (Lipinski definition) is 1. The Labute approximate surface area is 165 Å². The van der Waals surface area contributed by atoms with Crippen molar-refractivity contribution in [3.05, 3.63) is 23.8 Å². The number of amides is 1. The van der Waals surface area contributed by atoms with Crippen molar-refractivity contribution in [2.75, 3.05) is 18.0 Å². The third-order valence-corrected chi connectivity index (χ3v) is 6.12. The van der Waals surface area contributed by atoms with E-state index in [1.165, 1.54) is 19.1 Å². The van der Waals surface area contributed by atoms with E-state index in [4.69, 9.17) is 4.74 Å². The van der Waals surface area contributed by atoms with E-state index >= 15 is 0 Å². The van der Waals surface area contributed by atoms with Crippen LogP contribution >= 0.6 is 0 Å². The van der Waals surface area contributed by atoms with Crippen LogP contribution in [0.1, 0.15) is 56.3 Å². The Morgan fingerprint density at radius 1 is 1.29 bits per heavy atom. The minimum absolute atomic E-state index is 0.00399. The molecule has 0 aliphatic carbocycles. The molecule has 1 fully saturated rings. The van der Waals surface area contributed by atoms with Crippen LogP contribution in [0.5, 0.6) is 0 Å². The molecule has 0 saturated carbocycles. The molecule has 2 heterocycles. The molecule has 1 amide bonds. The van der Waals surface area contributed by atoms with Crippen LogP contribution in [0.15, 0.2) is 27.5 Å². The molecule has 1 saturated heterocycles. The van der Waals surface area contributed by atoms with Gasteiger partial charge in [0, 0.05) is 19.5 Å². The summed E-state index contributed by atoms with van der Waals surface area (Å²) in [6.45, 7) is 4.59. The number of anilines is 1. The van der Waals surface area contributed by atoms with Crippen molar-refractivity contribution in [1.29, 1.82) is 0 Å². The van der Waals surface area contributed by atoms with Crippen LogP contribution in [-0.4, -0.2) is 45.3 Å². The zero-order valence-corrected chi connectivity index (χ0v) is 16.9. The van der Waals surface area contributed by atoms with E-state index in [0.29, 0.717) is 31.0 Å². The average molecular weight is 407 g/mol. The number of nitrogens with zero attached hydrogens (tertiary/aromatic N) is 2. The van der Waals surface area contributed by atoms with E-state index in [0.717, 1.165) is 25.7 Å². The van der Waals surface area contributed by atoms with Crippen molar-refractivity contribution >= 4 is 33.4 Å². The maximum absolute atomic E-state index is 12.6. The number of ether oxygens (including phenoxy) is 1. The minimum atomic E-state index is -3.88. The topological polar surface area (TPSA) is 105 Å². The van der Waals surface area contributed by atoms with E-state index in [2.05, 4.69) is 9.71 Å². The smallest absolute Gasteiger partial charge is 0.338 e. The Kier molecular flexibility index (Phi) is 6.02. The molecule has 2 aliphatic heterocycles. The van der Waals surface area contributed by atoms with Gasteiger partial charge in [0.25, 0.3) is 15.9 Å². The lowest BCUT2D eigenvalue weighted by Gasteiger charge is -2.29. The van der Waals surface area contributed by atoms with E-state index < -0.39 is 22.1 Å². The second kappa shape index (κ2) is 8.30. The first-order valence-electron chi connectivity index (χ1n) is 9.57. The lowest BCUT2D eigenvalue weighted by molar-refractivity contribution is -0.129. The Morgan fingerprint density at radius 3 is 2.82 bits per heavy atom. The highest BCUT2D eigenvalue weighted by molar-refractivity contribution is 7.90. The molecule has 0 spiro atoms. The number of carbonyl (C=O) groups excluding carboxylic acids is 2. The Hall–Kier alpha value is -2.42. The van der Waals surface area contributed by atoms with Crippen LogP contribution in [-0.2, 0) is 19.6 Å². The summed E-state index contributed by atoms with van der Waals surface area (Å²) in [7, 11) is -3.88. The Balaban J connectivity index is 1.84. The van der Waals surface area contributed by atoms with Crippen molar-refractivity contribution < 1.29 is 22.7 Å². The molecule has 0 bridgehead atoms. The lowest BCUT2D eigenvalue weighted by Crippen LogP contribution is -2.36. The molecular formula is C19H25N3O5S. The molecule has 1 aromatic rings. The van der Waals surface area contributed by atoms with E-state index in [9.17, 15) is 18.0 Å². The number of carbonyl (C=O) groups is 2. The van der Waals surface area contributed by atoms with E-state index in [-0.39, 0.29) is 16.4 Å². The zero-order chi connectivity index (χ0) is 20.3. The highest BCUT2D eigenvalue weighted by atomic mass is 32.2. The standard InChI is InChI=1S/C19H25N3O5S/c1-3-10-20-18(23)13(2)27-19(24)14-8-9-15-16(12-14)28(25,26)21-17-7-5-4-6-11-22(15)17/h8-9,12-13H,3-7,10-11H2,1-2H3,(H,20,23)/t13-/m0/s1. The number of amidine groups is 1. The van der Waals surface area contributed by atoms with Gasteiger partial charge in [-0.05, 0) is 44.4 Å². The van der Waals surface area contributed by atoms with Crippen LogP contribution in [0, 0.1) is 0 Å². The van der Waals surface area contributed by atoms with Crippen molar-refractivity contribution in [2.45, 2.75) is 57.0 Å². The maximum Gasteiger partial charge on any atom is 0.338 e. The highest BCUT2D eigenvalue weighted by Gasteiger charge is 2.32. The second-order valence-electron chi connectivity index (χ2n) is 6.97. The molecule has 152 valence electrons. The van der Waals surface area contributed by atoms with E-state index in [1.54, 1.807) is 6.07 Å². The van der Waals surface area contributed by atoms with Crippen LogP contribution in [0.3, 0.4) is 0 Å². The fourth-order valence-electron chi connectivity index (χ4n) is 3.28. The quantitative estimate of drug-likeness (QED) is 0.751. The predicted octanol–water partition coefficient (Wildman–Crippen LogP) is 2.24. The maximum atomic E-state index is 12.6. The van der Waals surface area contributed by atoms with Gasteiger partial charge in [-0.2, -0.15) is 8.42 Å². The monoisotopic (exact) mass is 407 g/mol. The first kappa shape index (κ1) is 20.3. The number of hydrogen-bond acceptors (Lipinski definition) is 6. The normalized spacial score (nSPS) is 18.8. The number of sulfonamides is 1. The molecule has 0 radical (unpaired) electrons. The third kappa shape index (κ3) is 4.19. The summed E-state index contributed by atoms with van der Waals surface area (Å²) in [6, 6.07) is 4.43. The minimum Gasteiger partial charge on any atom is -0.449 e. The molecule has 2 aliphatic rings.